The minimum absolute atomic E-state index is 0.119. The average Bonchev–Trinajstić information content (AvgIpc) is 2.27. The van der Waals surface area contributed by atoms with Gasteiger partial charge in [-0.25, -0.2) is 0 Å². The minimum atomic E-state index is -0.577. The third-order valence-electron chi connectivity index (χ3n) is 2.12. The molecule has 0 atom stereocenters. The zero-order valence-electron chi connectivity index (χ0n) is 9.32. The van der Waals surface area contributed by atoms with Gasteiger partial charge in [0.1, 0.15) is 5.75 Å². The van der Waals surface area contributed by atoms with Crippen LogP contribution in [-0.4, -0.2) is 17.6 Å². The largest absolute Gasteiger partial charge is 0.508 e. The van der Waals surface area contributed by atoms with Gasteiger partial charge in [0.2, 0.25) is 0 Å². The molecule has 1 aromatic rings. The summed E-state index contributed by atoms with van der Waals surface area (Å²) >= 11 is 0. The molecular weight excluding hydrogens is 204 g/mol. The number of rotatable bonds is 3. The molecule has 0 heterocycles. The van der Waals surface area contributed by atoms with Gasteiger partial charge in [-0.2, -0.15) is 5.26 Å². The van der Waals surface area contributed by atoms with E-state index in [1.54, 1.807) is 13.8 Å². The summed E-state index contributed by atoms with van der Waals surface area (Å²) < 4.78 is 0. The maximum Gasteiger partial charge on any atom is 0.251 e. The van der Waals surface area contributed by atoms with Crippen LogP contribution >= 0.6 is 0 Å². The van der Waals surface area contributed by atoms with E-state index in [4.69, 9.17) is 10.4 Å². The highest BCUT2D eigenvalue weighted by molar-refractivity contribution is 5.94. The quantitative estimate of drug-likeness (QED) is 0.810. The lowest BCUT2D eigenvalue weighted by Crippen LogP contribution is -2.33. The molecule has 4 heteroatoms. The molecule has 1 rings (SSSR count). The van der Waals surface area contributed by atoms with Crippen molar-refractivity contribution in [3.05, 3.63) is 29.8 Å². The monoisotopic (exact) mass is 218 g/mol. The van der Waals surface area contributed by atoms with Gasteiger partial charge in [-0.15, -0.1) is 0 Å². The van der Waals surface area contributed by atoms with Crippen LogP contribution in [0.5, 0.6) is 5.75 Å². The molecule has 84 valence electrons. The van der Waals surface area contributed by atoms with Crippen LogP contribution in [-0.2, 0) is 0 Å². The number of hydrogen-bond donors (Lipinski definition) is 2. The third-order valence-corrected chi connectivity index (χ3v) is 2.12. The Balaban J connectivity index is 2.61. The maximum absolute atomic E-state index is 11.6. The molecule has 0 saturated carbocycles. The first-order chi connectivity index (χ1) is 7.44. The molecule has 0 bridgehead atoms. The summed E-state index contributed by atoms with van der Waals surface area (Å²) in [4.78, 5) is 11.6. The van der Waals surface area contributed by atoms with Gasteiger partial charge < -0.3 is 10.4 Å². The normalized spacial score (nSPS) is 10.6. The van der Waals surface area contributed by atoms with Gasteiger partial charge in [-0.05, 0) is 38.1 Å². The summed E-state index contributed by atoms with van der Waals surface area (Å²) in [5.74, 6) is -0.128. The second-order valence-corrected chi connectivity index (χ2v) is 4.23. The first-order valence-corrected chi connectivity index (χ1v) is 4.93. The SMILES string of the molecule is CC(C)(C#N)CNC(=O)c1ccc(O)cc1. The first-order valence-electron chi connectivity index (χ1n) is 4.93. The fourth-order valence-electron chi connectivity index (χ4n) is 1.06. The number of nitrogens with zero attached hydrogens (tertiary/aromatic N) is 1. The number of phenols is 1. The molecule has 0 aliphatic rings. The highest BCUT2D eigenvalue weighted by Gasteiger charge is 2.17. The predicted molar refractivity (Wildman–Crippen MR) is 59.8 cm³/mol. The van der Waals surface area contributed by atoms with Crippen molar-refractivity contribution in [2.24, 2.45) is 5.41 Å². The lowest BCUT2D eigenvalue weighted by molar-refractivity contribution is 0.0943. The highest BCUT2D eigenvalue weighted by atomic mass is 16.3. The Labute approximate surface area is 94.5 Å². The predicted octanol–water partition coefficient (Wildman–Crippen LogP) is 1.67. The fourth-order valence-corrected chi connectivity index (χ4v) is 1.06. The molecule has 0 saturated heterocycles. The summed E-state index contributed by atoms with van der Waals surface area (Å²) in [7, 11) is 0. The van der Waals surface area contributed by atoms with Gasteiger partial charge in [0, 0.05) is 12.1 Å². The molecule has 0 unspecified atom stereocenters. The van der Waals surface area contributed by atoms with E-state index in [-0.39, 0.29) is 11.7 Å². The van der Waals surface area contributed by atoms with Gasteiger partial charge in [0.15, 0.2) is 0 Å². The molecule has 0 aromatic heterocycles. The van der Waals surface area contributed by atoms with E-state index in [0.717, 1.165) is 0 Å². The number of carbonyl (C=O) groups is 1. The smallest absolute Gasteiger partial charge is 0.251 e. The second kappa shape index (κ2) is 4.67. The second-order valence-electron chi connectivity index (χ2n) is 4.23. The minimum Gasteiger partial charge on any atom is -0.508 e. The number of phenolic OH excluding ortho intramolecular Hbond substituents is 1. The number of amides is 1. The number of carbonyl (C=O) groups excluding carboxylic acids is 1. The Bertz CT molecular complexity index is 416. The van der Waals surface area contributed by atoms with Gasteiger partial charge in [0.25, 0.3) is 5.91 Å². The molecule has 1 amide bonds. The van der Waals surface area contributed by atoms with Crippen molar-refractivity contribution in [2.75, 3.05) is 6.54 Å². The summed E-state index contributed by atoms with van der Waals surface area (Å²) in [5.41, 5.74) is -0.112. The summed E-state index contributed by atoms with van der Waals surface area (Å²) in [6, 6.07) is 8.06. The maximum atomic E-state index is 11.6. The van der Waals surface area contributed by atoms with Crippen LogP contribution in [0.15, 0.2) is 24.3 Å². The molecule has 1 aromatic carbocycles. The average molecular weight is 218 g/mol. The van der Waals surface area contributed by atoms with Crippen molar-refractivity contribution in [2.45, 2.75) is 13.8 Å². The lowest BCUT2D eigenvalue weighted by atomic mass is 9.96. The lowest BCUT2D eigenvalue weighted by Gasteiger charge is -2.15. The van der Waals surface area contributed by atoms with Crippen LogP contribution in [0.3, 0.4) is 0 Å². The van der Waals surface area contributed by atoms with Gasteiger partial charge >= 0.3 is 0 Å². The van der Waals surface area contributed by atoms with Crippen LogP contribution in [0.2, 0.25) is 0 Å². The standard InChI is InChI=1S/C12H14N2O2/c1-12(2,7-13)8-14-11(16)9-3-5-10(15)6-4-9/h3-6,15H,8H2,1-2H3,(H,14,16). The molecule has 16 heavy (non-hydrogen) atoms. The third kappa shape index (κ3) is 3.28. The molecule has 0 spiro atoms. The fraction of sp³-hybridized carbons (Fsp3) is 0.333. The van der Waals surface area contributed by atoms with Crippen LogP contribution in [0.4, 0.5) is 0 Å². The van der Waals surface area contributed by atoms with Crippen LogP contribution in [0.1, 0.15) is 24.2 Å². The van der Waals surface area contributed by atoms with E-state index < -0.39 is 5.41 Å². The zero-order chi connectivity index (χ0) is 12.2. The van der Waals surface area contributed by atoms with E-state index in [1.165, 1.54) is 24.3 Å². The number of benzene rings is 1. The van der Waals surface area contributed by atoms with Crippen molar-refractivity contribution < 1.29 is 9.90 Å². The van der Waals surface area contributed by atoms with E-state index in [0.29, 0.717) is 12.1 Å². The van der Waals surface area contributed by atoms with Crippen LogP contribution < -0.4 is 5.32 Å². The Morgan fingerprint density at radius 1 is 1.44 bits per heavy atom. The number of hydrogen-bond acceptors (Lipinski definition) is 3. The van der Waals surface area contributed by atoms with Crippen molar-refractivity contribution >= 4 is 5.91 Å². The molecule has 0 fully saturated rings. The number of aromatic hydroxyl groups is 1. The zero-order valence-corrected chi connectivity index (χ0v) is 9.32. The van der Waals surface area contributed by atoms with E-state index in [1.807, 2.05) is 0 Å². The van der Waals surface area contributed by atoms with Crippen molar-refractivity contribution in [3.8, 4) is 11.8 Å². The van der Waals surface area contributed by atoms with E-state index in [9.17, 15) is 4.79 Å². The molecule has 2 N–H and O–H groups in total. The Hall–Kier alpha value is -2.02. The Morgan fingerprint density at radius 2 is 2.00 bits per heavy atom. The van der Waals surface area contributed by atoms with Crippen molar-refractivity contribution in [1.82, 2.24) is 5.32 Å². The Morgan fingerprint density at radius 3 is 2.50 bits per heavy atom. The topological polar surface area (TPSA) is 73.1 Å². The Kier molecular flexibility index (Phi) is 3.51. The summed E-state index contributed by atoms with van der Waals surface area (Å²) in [5, 5.41) is 20.5. The highest BCUT2D eigenvalue weighted by Crippen LogP contribution is 2.12. The molecular formula is C12H14N2O2. The molecule has 4 nitrogen and oxygen atoms in total. The molecule has 0 aliphatic carbocycles. The van der Waals surface area contributed by atoms with E-state index in [2.05, 4.69) is 11.4 Å². The van der Waals surface area contributed by atoms with Crippen molar-refractivity contribution in [3.63, 3.8) is 0 Å². The summed E-state index contributed by atoms with van der Waals surface area (Å²) in [6.07, 6.45) is 0. The molecule has 0 aliphatic heterocycles. The van der Waals surface area contributed by atoms with Gasteiger partial charge in [-0.3, -0.25) is 4.79 Å². The van der Waals surface area contributed by atoms with Crippen molar-refractivity contribution in [1.29, 1.82) is 5.26 Å². The van der Waals surface area contributed by atoms with Crippen LogP contribution in [0, 0.1) is 16.7 Å². The summed E-state index contributed by atoms with van der Waals surface area (Å²) in [6.45, 7) is 3.80. The van der Waals surface area contributed by atoms with Gasteiger partial charge in [0.05, 0.1) is 11.5 Å². The van der Waals surface area contributed by atoms with E-state index >= 15 is 0 Å². The van der Waals surface area contributed by atoms with Gasteiger partial charge in [-0.1, -0.05) is 0 Å². The number of nitrogens with one attached hydrogen (secondary N) is 1. The van der Waals surface area contributed by atoms with Crippen LogP contribution in [0.25, 0.3) is 0 Å². The number of nitriles is 1. The first kappa shape index (κ1) is 12.1. The molecule has 0 radical (unpaired) electrons.